The van der Waals surface area contributed by atoms with Crippen molar-refractivity contribution in [3.8, 4) is 0 Å². The second kappa shape index (κ2) is 5.37. The van der Waals surface area contributed by atoms with Crippen LogP contribution in [0, 0.1) is 0 Å². The van der Waals surface area contributed by atoms with Crippen LogP contribution >= 0.6 is 11.8 Å². The van der Waals surface area contributed by atoms with Gasteiger partial charge in [-0.2, -0.15) is 0 Å². The molecule has 0 aliphatic heterocycles. The average Bonchev–Trinajstić information content (AvgIpc) is 2.28. The van der Waals surface area contributed by atoms with Crippen molar-refractivity contribution in [3.05, 3.63) is 29.8 Å². The van der Waals surface area contributed by atoms with Crippen molar-refractivity contribution < 1.29 is 9.90 Å². The molecule has 0 aliphatic rings. The van der Waals surface area contributed by atoms with Crippen molar-refractivity contribution in [1.82, 2.24) is 5.32 Å². The molecule has 3 nitrogen and oxygen atoms in total. The van der Waals surface area contributed by atoms with Crippen LogP contribution in [0.5, 0.6) is 0 Å². The number of nitrogens with one attached hydrogen (secondary N) is 1. The van der Waals surface area contributed by atoms with Gasteiger partial charge in [0.2, 0.25) is 0 Å². The largest absolute Gasteiger partial charge is 0.394 e. The van der Waals surface area contributed by atoms with Gasteiger partial charge in [0.1, 0.15) is 0 Å². The Labute approximate surface area is 100 Å². The first-order valence-electron chi connectivity index (χ1n) is 5.06. The number of rotatable bonds is 4. The maximum atomic E-state index is 11.8. The standard InChI is InChI=1S/C12H17NO2S/c1-12(2,8-14)13-11(15)9-4-6-10(16-3)7-5-9/h4-7,14H,8H2,1-3H3,(H,13,15). The van der Waals surface area contributed by atoms with Gasteiger partial charge in [0, 0.05) is 10.5 Å². The van der Waals surface area contributed by atoms with Crippen LogP contribution in [0.2, 0.25) is 0 Å². The minimum Gasteiger partial charge on any atom is -0.394 e. The van der Waals surface area contributed by atoms with Gasteiger partial charge < -0.3 is 10.4 Å². The molecule has 0 spiro atoms. The number of carbonyl (C=O) groups is 1. The molecular formula is C12H17NO2S. The summed E-state index contributed by atoms with van der Waals surface area (Å²) in [6.45, 7) is 3.48. The number of hydrogen-bond acceptors (Lipinski definition) is 3. The lowest BCUT2D eigenvalue weighted by atomic mass is 10.1. The second-order valence-corrected chi connectivity index (χ2v) is 5.10. The van der Waals surface area contributed by atoms with Crippen molar-refractivity contribution in [1.29, 1.82) is 0 Å². The molecule has 1 amide bonds. The highest BCUT2D eigenvalue weighted by atomic mass is 32.2. The zero-order chi connectivity index (χ0) is 12.2. The first-order valence-corrected chi connectivity index (χ1v) is 6.28. The lowest BCUT2D eigenvalue weighted by Gasteiger charge is -2.23. The third-order valence-electron chi connectivity index (χ3n) is 2.20. The van der Waals surface area contributed by atoms with E-state index in [1.165, 1.54) is 0 Å². The van der Waals surface area contributed by atoms with Crippen molar-refractivity contribution in [3.63, 3.8) is 0 Å². The van der Waals surface area contributed by atoms with Gasteiger partial charge in [0.25, 0.3) is 5.91 Å². The molecule has 0 unspecified atom stereocenters. The molecular weight excluding hydrogens is 222 g/mol. The number of aliphatic hydroxyl groups is 1. The highest BCUT2D eigenvalue weighted by Gasteiger charge is 2.19. The summed E-state index contributed by atoms with van der Waals surface area (Å²) >= 11 is 1.64. The zero-order valence-corrected chi connectivity index (χ0v) is 10.6. The lowest BCUT2D eigenvalue weighted by Crippen LogP contribution is -2.46. The minimum absolute atomic E-state index is 0.0817. The molecule has 0 saturated carbocycles. The molecule has 88 valence electrons. The zero-order valence-electron chi connectivity index (χ0n) is 9.78. The molecule has 0 atom stereocenters. The summed E-state index contributed by atoms with van der Waals surface area (Å²) in [5.41, 5.74) is 0.0225. The van der Waals surface area contributed by atoms with Crippen molar-refractivity contribution in [2.24, 2.45) is 0 Å². The lowest BCUT2D eigenvalue weighted by molar-refractivity contribution is 0.0869. The van der Waals surface area contributed by atoms with E-state index in [9.17, 15) is 4.79 Å². The van der Waals surface area contributed by atoms with Gasteiger partial charge in [-0.3, -0.25) is 4.79 Å². The van der Waals surface area contributed by atoms with Gasteiger partial charge in [-0.1, -0.05) is 0 Å². The van der Waals surface area contributed by atoms with E-state index >= 15 is 0 Å². The van der Waals surface area contributed by atoms with E-state index < -0.39 is 5.54 Å². The topological polar surface area (TPSA) is 49.3 Å². The Morgan fingerprint density at radius 2 is 1.94 bits per heavy atom. The van der Waals surface area contributed by atoms with Crippen LogP contribution in [0.3, 0.4) is 0 Å². The molecule has 0 aromatic heterocycles. The molecule has 4 heteroatoms. The summed E-state index contributed by atoms with van der Waals surface area (Å²) in [5, 5.41) is 11.8. The van der Waals surface area contributed by atoms with Gasteiger partial charge in [-0.05, 0) is 44.4 Å². The first kappa shape index (κ1) is 13.1. The monoisotopic (exact) mass is 239 g/mol. The molecule has 1 rings (SSSR count). The summed E-state index contributed by atoms with van der Waals surface area (Å²) in [6, 6.07) is 7.39. The molecule has 0 fully saturated rings. The first-order chi connectivity index (χ1) is 7.48. The summed E-state index contributed by atoms with van der Waals surface area (Å²) in [7, 11) is 0. The van der Waals surface area contributed by atoms with Gasteiger partial charge in [-0.15, -0.1) is 11.8 Å². The van der Waals surface area contributed by atoms with Crippen molar-refractivity contribution in [2.75, 3.05) is 12.9 Å². The summed E-state index contributed by atoms with van der Waals surface area (Å²) in [5.74, 6) is -0.160. The Morgan fingerprint density at radius 1 is 1.38 bits per heavy atom. The molecule has 0 aliphatic carbocycles. The fourth-order valence-corrected chi connectivity index (χ4v) is 1.57. The minimum atomic E-state index is -0.588. The fourth-order valence-electron chi connectivity index (χ4n) is 1.16. The SMILES string of the molecule is CSc1ccc(C(=O)NC(C)(C)CO)cc1. The normalized spacial score (nSPS) is 11.2. The van der Waals surface area contributed by atoms with Crippen LogP contribution < -0.4 is 5.32 Å². The summed E-state index contributed by atoms with van der Waals surface area (Å²) in [6.07, 6.45) is 1.99. The molecule has 16 heavy (non-hydrogen) atoms. The maximum absolute atomic E-state index is 11.8. The molecule has 2 N–H and O–H groups in total. The molecule has 0 saturated heterocycles. The third-order valence-corrected chi connectivity index (χ3v) is 2.94. The number of carbonyl (C=O) groups excluding carboxylic acids is 1. The summed E-state index contributed by atoms with van der Waals surface area (Å²) in [4.78, 5) is 12.9. The maximum Gasteiger partial charge on any atom is 0.251 e. The molecule has 0 heterocycles. The smallest absolute Gasteiger partial charge is 0.251 e. The van der Waals surface area contributed by atoms with E-state index in [1.807, 2.05) is 18.4 Å². The predicted molar refractivity (Wildman–Crippen MR) is 66.9 cm³/mol. The van der Waals surface area contributed by atoms with Gasteiger partial charge in [0.05, 0.1) is 12.1 Å². The van der Waals surface area contributed by atoms with E-state index in [0.29, 0.717) is 5.56 Å². The highest BCUT2D eigenvalue weighted by Crippen LogP contribution is 2.15. The van der Waals surface area contributed by atoms with E-state index in [1.54, 1.807) is 37.7 Å². The van der Waals surface area contributed by atoms with Gasteiger partial charge >= 0.3 is 0 Å². The van der Waals surface area contributed by atoms with Gasteiger partial charge in [-0.25, -0.2) is 0 Å². The Kier molecular flexibility index (Phi) is 4.38. The highest BCUT2D eigenvalue weighted by molar-refractivity contribution is 7.98. The number of hydrogen-bond donors (Lipinski definition) is 2. The van der Waals surface area contributed by atoms with Crippen LogP contribution in [0.15, 0.2) is 29.2 Å². The van der Waals surface area contributed by atoms with Crippen LogP contribution in [0.4, 0.5) is 0 Å². The second-order valence-electron chi connectivity index (χ2n) is 4.22. The molecule has 1 aromatic carbocycles. The molecule has 1 aromatic rings. The fraction of sp³-hybridized carbons (Fsp3) is 0.417. The van der Waals surface area contributed by atoms with Crippen molar-refractivity contribution >= 4 is 17.7 Å². The quantitative estimate of drug-likeness (QED) is 0.789. The van der Waals surface area contributed by atoms with E-state index in [0.717, 1.165) is 4.90 Å². The van der Waals surface area contributed by atoms with Crippen LogP contribution in [-0.2, 0) is 0 Å². The summed E-state index contributed by atoms with van der Waals surface area (Å²) < 4.78 is 0. The number of thioether (sulfide) groups is 1. The Hall–Kier alpha value is -1.00. The average molecular weight is 239 g/mol. The predicted octanol–water partition coefficient (Wildman–Crippen LogP) is 1.91. The van der Waals surface area contributed by atoms with E-state index in [4.69, 9.17) is 5.11 Å². The number of amides is 1. The van der Waals surface area contributed by atoms with E-state index in [2.05, 4.69) is 5.32 Å². The van der Waals surface area contributed by atoms with Gasteiger partial charge in [0.15, 0.2) is 0 Å². The van der Waals surface area contributed by atoms with Crippen molar-refractivity contribution in [2.45, 2.75) is 24.3 Å². The van der Waals surface area contributed by atoms with Crippen LogP contribution in [0.25, 0.3) is 0 Å². The Bertz CT molecular complexity index is 360. The third kappa shape index (κ3) is 3.54. The Balaban J connectivity index is 2.73. The molecule has 0 bridgehead atoms. The number of aliphatic hydroxyl groups excluding tert-OH is 1. The Morgan fingerprint density at radius 3 is 2.38 bits per heavy atom. The molecule has 0 radical (unpaired) electrons. The van der Waals surface area contributed by atoms with E-state index in [-0.39, 0.29) is 12.5 Å². The van der Waals surface area contributed by atoms with Crippen LogP contribution in [-0.4, -0.2) is 29.4 Å². The number of benzene rings is 1. The van der Waals surface area contributed by atoms with Crippen LogP contribution in [0.1, 0.15) is 24.2 Å².